The molecule has 0 aromatic rings. The molecule has 4 saturated heterocycles. The molecule has 12 atom stereocenters. The Balaban J connectivity index is 1.28. The maximum atomic E-state index is 12.0. The molecule has 4 heterocycles. The van der Waals surface area contributed by atoms with Gasteiger partial charge in [-0.3, -0.25) is 0 Å². The largest absolute Gasteiger partial charge is 0.392 e. The summed E-state index contributed by atoms with van der Waals surface area (Å²) in [4.78, 5) is 0.221. The van der Waals surface area contributed by atoms with Crippen LogP contribution in [0.2, 0.25) is 0 Å². The smallest absolute Gasteiger partial charge is 0.272 e. The normalized spacial score (nSPS) is 68.4. The van der Waals surface area contributed by atoms with Gasteiger partial charge in [-0.15, -0.1) is 0 Å². The quantitative estimate of drug-likeness (QED) is 0.535. The highest BCUT2D eigenvalue weighted by Crippen LogP contribution is 2.90. The fourth-order valence-corrected chi connectivity index (χ4v) is 12.5. The van der Waals surface area contributed by atoms with Crippen molar-refractivity contribution >= 4 is 15.9 Å². The molecule has 1 N–H and O–H groups in total. The molecule has 9 rings (SSSR count). The lowest BCUT2D eigenvalue weighted by molar-refractivity contribution is -0.496. The van der Waals surface area contributed by atoms with E-state index in [0.29, 0.717) is 31.0 Å². The molecule has 5 aliphatic carbocycles. The molecule has 4 bridgehead atoms. The van der Waals surface area contributed by atoms with Gasteiger partial charge in [0.2, 0.25) is 0 Å². The van der Waals surface area contributed by atoms with Crippen molar-refractivity contribution in [1.29, 1.82) is 0 Å². The van der Waals surface area contributed by atoms with Gasteiger partial charge >= 0.3 is 0 Å². The monoisotopic (exact) mass is 482 g/mol. The van der Waals surface area contributed by atoms with Crippen LogP contribution in [0, 0.1) is 34.0 Å². The Labute approximate surface area is 185 Å². The highest BCUT2D eigenvalue weighted by atomic mass is 79.9. The van der Waals surface area contributed by atoms with Gasteiger partial charge in [0.05, 0.1) is 37.1 Å². The summed E-state index contributed by atoms with van der Waals surface area (Å²) in [5, 5.41) is 12.0. The molecule has 0 radical (unpaired) electrons. The third-order valence-corrected chi connectivity index (χ3v) is 12.9. The summed E-state index contributed by atoms with van der Waals surface area (Å²) in [7, 11) is 0. The van der Waals surface area contributed by atoms with Crippen molar-refractivity contribution in [3.8, 4) is 0 Å². The molecule has 7 heteroatoms. The van der Waals surface area contributed by atoms with Crippen LogP contribution in [0.15, 0.2) is 0 Å². The molecule has 30 heavy (non-hydrogen) atoms. The molecule has 0 aromatic heterocycles. The number of ether oxygens (including phenoxy) is 5. The lowest BCUT2D eigenvalue weighted by atomic mass is 9.46. The fraction of sp³-hybridized carbons (Fsp3) is 1.00. The molecule has 6 nitrogen and oxygen atoms in total. The number of halogens is 1. The molecule has 0 aromatic carbocycles. The number of aliphatic hydroxyl groups excluding tert-OH is 1. The first-order chi connectivity index (χ1) is 14.4. The topological polar surface area (TPSA) is 66.4 Å². The predicted octanol–water partition coefficient (Wildman–Crippen LogP) is 2.95. The molecule has 9 aliphatic rings. The van der Waals surface area contributed by atoms with Gasteiger partial charge in [0, 0.05) is 39.8 Å². The molecule has 11 unspecified atom stereocenters. The summed E-state index contributed by atoms with van der Waals surface area (Å²) in [5.41, 5.74) is -0.715. The number of aliphatic hydroxyl groups is 1. The Morgan fingerprint density at radius 2 is 1.77 bits per heavy atom. The predicted molar refractivity (Wildman–Crippen MR) is 108 cm³/mol. The van der Waals surface area contributed by atoms with Crippen molar-refractivity contribution in [2.75, 3.05) is 13.2 Å². The van der Waals surface area contributed by atoms with Gasteiger partial charge in [-0.2, -0.15) is 0 Å². The number of fused-ring (bicyclic) bond motifs is 3. The maximum absolute atomic E-state index is 12.0. The molecular formula is C23H31BrO6. The van der Waals surface area contributed by atoms with Crippen LogP contribution in [0.3, 0.4) is 0 Å². The van der Waals surface area contributed by atoms with Crippen molar-refractivity contribution in [2.24, 2.45) is 34.0 Å². The zero-order chi connectivity index (χ0) is 20.3. The van der Waals surface area contributed by atoms with Gasteiger partial charge in [-0.05, 0) is 37.5 Å². The fourth-order valence-electron chi connectivity index (χ4n) is 10.5. The Bertz CT molecular complexity index is 833. The number of hydrogen-bond acceptors (Lipinski definition) is 6. The van der Waals surface area contributed by atoms with Crippen LogP contribution >= 0.6 is 15.9 Å². The third kappa shape index (κ3) is 1.52. The van der Waals surface area contributed by atoms with E-state index in [1.807, 2.05) is 0 Å². The second-order valence-electron chi connectivity index (χ2n) is 11.7. The van der Waals surface area contributed by atoms with Crippen LogP contribution in [0.1, 0.15) is 52.4 Å². The molecule has 5 saturated carbocycles. The van der Waals surface area contributed by atoms with E-state index in [4.69, 9.17) is 23.7 Å². The number of hydrogen-bond donors (Lipinski definition) is 1. The zero-order valence-corrected chi connectivity index (χ0v) is 19.2. The summed E-state index contributed by atoms with van der Waals surface area (Å²) in [6.07, 6.45) is 5.76. The minimum atomic E-state index is -0.523. The SMILES string of the molecule is CC1C2CC34CCC5C6CCC7(OCCO7)C6(C)CC(O)C56[C@@H](Br)C36C1OC(O2)O4. The summed E-state index contributed by atoms with van der Waals surface area (Å²) in [6, 6.07) is 0. The molecule has 9 fully saturated rings. The van der Waals surface area contributed by atoms with Crippen molar-refractivity contribution in [1.82, 2.24) is 0 Å². The first kappa shape index (κ1) is 18.6. The van der Waals surface area contributed by atoms with Gasteiger partial charge < -0.3 is 28.8 Å². The van der Waals surface area contributed by atoms with Crippen LogP contribution in [-0.2, 0) is 23.7 Å². The van der Waals surface area contributed by atoms with E-state index < -0.39 is 18.4 Å². The summed E-state index contributed by atoms with van der Waals surface area (Å²) >= 11 is 4.16. The first-order valence-electron chi connectivity index (χ1n) is 12.0. The maximum Gasteiger partial charge on any atom is 0.272 e. The molecule has 166 valence electrons. The average Bonchev–Trinajstić information content (AvgIpc) is 3.01. The van der Waals surface area contributed by atoms with Gasteiger partial charge in [0.15, 0.2) is 5.79 Å². The first-order valence-corrected chi connectivity index (χ1v) is 12.9. The Morgan fingerprint density at radius 1 is 1.00 bits per heavy atom. The average molecular weight is 483 g/mol. The summed E-state index contributed by atoms with van der Waals surface area (Å²) in [6.45, 7) is 5.42. The van der Waals surface area contributed by atoms with E-state index in [0.717, 1.165) is 38.5 Å². The van der Waals surface area contributed by atoms with E-state index >= 15 is 0 Å². The van der Waals surface area contributed by atoms with Gasteiger partial charge in [0.25, 0.3) is 6.48 Å². The molecule has 4 aliphatic heterocycles. The van der Waals surface area contributed by atoms with Crippen molar-refractivity contribution in [3.05, 3.63) is 0 Å². The van der Waals surface area contributed by atoms with E-state index in [-0.39, 0.29) is 38.9 Å². The van der Waals surface area contributed by atoms with Gasteiger partial charge in [-0.1, -0.05) is 29.8 Å². The second kappa shape index (κ2) is 5.16. The van der Waals surface area contributed by atoms with Gasteiger partial charge in [0.1, 0.15) is 0 Å². The minimum absolute atomic E-state index is 0.0873. The number of rotatable bonds is 0. The third-order valence-electron chi connectivity index (χ3n) is 11.5. The van der Waals surface area contributed by atoms with E-state index in [9.17, 15) is 5.11 Å². The van der Waals surface area contributed by atoms with Crippen molar-refractivity contribution in [3.63, 3.8) is 0 Å². The minimum Gasteiger partial charge on any atom is -0.392 e. The highest BCUT2D eigenvalue weighted by Gasteiger charge is 2.96. The van der Waals surface area contributed by atoms with Crippen molar-refractivity contribution < 1.29 is 28.8 Å². The van der Waals surface area contributed by atoms with Crippen LogP contribution in [-0.4, -0.2) is 59.3 Å². The lowest BCUT2D eigenvalue weighted by Gasteiger charge is -2.68. The van der Waals surface area contributed by atoms with Crippen molar-refractivity contribution in [2.45, 2.75) is 93.4 Å². The Hall–Kier alpha value is 0.240. The van der Waals surface area contributed by atoms with E-state index in [1.54, 1.807) is 0 Å². The summed E-state index contributed by atoms with van der Waals surface area (Å²) < 4.78 is 31.6. The van der Waals surface area contributed by atoms with Gasteiger partial charge in [-0.25, -0.2) is 0 Å². The van der Waals surface area contributed by atoms with Crippen LogP contribution in [0.4, 0.5) is 0 Å². The highest BCUT2D eigenvalue weighted by molar-refractivity contribution is 9.09. The molecule has 0 amide bonds. The molecule has 4 spiro atoms. The van der Waals surface area contributed by atoms with E-state index in [1.165, 1.54) is 0 Å². The van der Waals surface area contributed by atoms with Crippen LogP contribution < -0.4 is 0 Å². The standard InChI is InChI=1S/C23H31BrO6/c1-11-14-9-20-5-3-13-12-4-6-21(26-7-8-27-21)19(12,2)10-15(25)22(13)17(24)23(20,22)16(11)29-18(28-14)30-20/h11-18,25H,3-10H2,1-2H3/t11?,12?,13?,14?,15?,16?,17-,18?,19?,20?,22?,23?/m1/s1. The van der Waals surface area contributed by atoms with Crippen LogP contribution in [0.25, 0.3) is 0 Å². The lowest BCUT2D eigenvalue weighted by Crippen LogP contribution is -2.75. The number of alkyl halides is 1. The molecular weight excluding hydrogens is 452 g/mol. The summed E-state index contributed by atoms with van der Waals surface area (Å²) in [5.74, 6) is 0.761. The Kier molecular flexibility index (Phi) is 3.21. The van der Waals surface area contributed by atoms with E-state index in [2.05, 4.69) is 29.8 Å². The zero-order valence-electron chi connectivity index (χ0n) is 17.6. The second-order valence-corrected chi connectivity index (χ2v) is 12.7. The van der Waals surface area contributed by atoms with Crippen LogP contribution in [0.5, 0.6) is 0 Å². The Morgan fingerprint density at radius 3 is 2.57 bits per heavy atom.